The van der Waals surface area contributed by atoms with E-state index in [4.69, 9.17) is 19.9 Å². The smallest absolute Gasteiger partial charge is 0.321 e. The lowest BCUT2D eigenvalue weighted by molar-refractivity contribution is 0.146. The number of rotatable bonds is 7. The third kappa shape index (κ3) is 4.03. The molecular weight excluding hydrogens is 272 g/mol. The minimum Gasteiger partial charge on any atom is -0.490 e. The van der Waals surface area contributed by atoms with Gasteiger partial charge in [-0.1, -0.05) is 12.1 Å². The van der Waals surface area contributed by atoms with Gasteiger partial charge in [0.2, 0.25) is 5.95 Å². The van der Waals surface area contributed by atoms with Gasteiger partial charge in [-0.15, -0.1) is 0 Å². The van der Waals surface area contributed by atoms with Crippen LogP contribution in [0.3, 0.4) is 0 Å². The number of hydrogen-bond acceptors (Lipinski definition) is 7. The van der Waals surface area contributed by atoms with Crippen molar-refractivity contribution in [3.8, 4) is 23.1 Å². The fraction of sp³-hybridized carbons (Fsp3) is 0.357. The van der Waals surface area contributed by atoms with Gasteiger partial charge in [0.1, 0.15) is 12.4 Å². The van der Waals surface area contributed by atoms with Crippen LogP contribution in [0.2, 0.25) is 0 Å². The van der Waals surface area contributed by atoms with Gasteiger partial charge in [-0.3, -0.25) is 0 Å². The number of methoxy groups -OCH3 is 1. The van der Waals surface area contributed by atoms with E-state index in [1.807, 2.05) is 31.2 Å². The van der Waals surface area contributed by atoms with Crippen molar-refractivity contribution in [2.45, 2.75) is 6.92 Å². The Morgan fingerprint density at radius 3 is 2.62 bits per heavy atom. The Morgan fingerprint density at radius 2 is 1.86 bits per heavy atom. The summed E-state index contributed by atoms with van der Waals surface area (Å²) < 4.78 is 15.9. The first-order chi connectivity index (χ1) is 10.2. The van der Waals surface area contributed by atoms with Crippen molar-refractivity contribution in [2.24, 2.45) is 0 Å². The van der Waals surface area contributed by atoms with Crippen LogP contribution >= 0.6 is 0 Å². The van der Waals surface area contributed by atoms with Crippen LogP contribution in [0.4, 0.5) is 5.95 Å². The van der Waals surface area contributed by atoms with Crippen molar-refractivity contribution in [2.75, 3.05) is 32.7 Å². The van der Waals surface area contributed by atoms with Crippen molar-refractivity contribution in [1.29, 1.82) is 0 Å². The number of hydrogen-bond donors (Lipinski definition) is 1. The Kier molecular flexibility index (Phi) is 5.28. The molecule has 1 heterocycles. The molecule has 1 aromatic heterocycles. The predicted octanol–water partition coefficient (Wildman–Crippen LogP) is 1.54. The number of nitrogens with two attached hydrogens (primary N) is 1. The van der Waals surface area contributed by atoms with Crippen molar-refractivity contribution >= 4 is 5.95 Å². The Balaban J connectivity index is 2.32. The van der Waals surface area contributed by atoms with Gasteiger partial charge in [0.05, 0.1) is 18.8 Å². The van der Waals surface area contributed by atoms with Crippen LogP contribution in [0, 0.1) is 0 Å². The molecule has 0 radical (unpaired) electrons. The van der Waals surface area contributed by atoms with Gasteiger partial charge < -0.3 is 19.9 Å². The van der Waals surface area contributed by atoms with Crippen LogP contribution in [-0.2, 0) is 4.74 Å². The maximum atomic E-state index is 5.70. The average molecular weight is 290 g/mol. The Bertz CT molecular complexity index is 592. The molecule has 0 saturated heterocycles. The summed E-state index contributed by atoms with van der Waals surface area (Å²) in [6.07, 6.45) is 0. The molecule has 7 nitrogen and oxygen atoms in total. The highest BCUT2D eigenvalue weighted by Crippen LogP contribution is 2.28. The monoisotopic (exact) mass is 290 g/mol. The zero-order chi connectivity index (χ0) is 15.1. The van der Waals surface area contributed by atoms with Crippen LogP contribution in [0.1, 0.15) is 6.92 Å². The second kappa shape index (κ2) is 7.39. The van der Waals surface area contributed by atoms with Crippen LogP contribution < -0.4 is 15.2 Å². The highest BCUT2D eigenvalue weighted by molar-refractivity contribution is 5.64. The lowest BCUT2D eigenvalue weighted by atomic mass is 10.2. The Labute approximate surface area is 123 Å². The summed E-state index contributed by atoms with van der Waals surface area (Å²) in [5.41, 5.74) is 6.42. The molecule has 0 bridgehead atoms. The first-order valence-electron chi connectivity index (χ1n) is 6.60. The maximum absolute atomic E-state index is 5.70. The summed E-state index contributed by atoms with van der Waals surface area (Å²) in [5, 5.41) is 0. The summed E-state index contributed by atoms with van der Waals surface area (Å²) in [6, 6.07) is 7.64. The van der Waals surface area contributed by atoms with Crippen LogP contribution in [0.15, 0.2) is 24.3 Å². The first kappa shape index (κ1) is 15.0. The number of ether oxygens (including phenoxy) is 3. The van der Waals surface area contributed by atoms with Crippen molar-refractivity contribution < 1.29 is 14.2 Å². The average Bonchev–Trinajstić information content (AvgIpc) is 2.48. The molecule has 0 atom stereocenters. The number of nitrogen functional groups attached to an aromatic ring is 1. The number of anilines is 1. The second-order valence-corrected chi connectivity index (χ2v) is 4.07. The standard InChI is InChI=1S/C14H18N4O3/c1-3-20-14-17-12(16-13(15)18-14)10-6-4-5-7-11(10)21-9-8-19-2/h4-7H,3,8-9H2,1-2H3,(H2,15,16,17,18). The second-order valence-electron chi connectivity index (χ2n) is 4.07. The largest absolute Gasteiger partial charge is 0.490 e. The molecule has 0 unspecified atom stereocenters. The molecule has 112 valence electrons. The van der Waals surface area contributed by atoms with Crippen LogP contribution in [0.5, 0.6) is 11.8 Å². The number of benzene rings is 1. The lowest BCUT2D eigenvalue weighted by Crippen LogP contribution is -2.07. The van der Waals surface area contributed by atoms with E-state index in [9.17, 15) is 0 Å². The summed E-state index contributed by atoms with van der Waals surface area (Å²) >= 11 is 0. The molecule has 0 aliphatic carbocycles. The van der Waals surface area contributed by atoms with E-state index < -0.39 is 0 Å². The highest BCUT2D eigenvalue weighted by atomic mass is 16.5. The predicted molar refractivity (Wildman–Crippen MR) is 78.2 cm³/mol. The molecule has 7 heteroatoms. The molecule has 2 rings (SSSR count). The minimum atomic E-state index is 0.107. The van der Waals surface area contributed by atoms with Crippen molar-refractivity contribution in [3.05, 3.63) is 24.3 Å². The molecule has 21 heavy (non-hydrogen) atoms. The zero-order valence-corrected chi connectivity index (χ0v) is 12.1. The summed E-state index contributed by atoms with van der Waals surface area (Å²) in [6.45, 7) is 3.24. The van der Waals surface area contributed by atoms with Crippen molar-refractivity contribution in [1.82, 2.24) is 15.0 Å². The highest BCUT2D eigenvalue weighted by Gasteiger charge is 2.12. The molecule has 0 amide bonds. The number of para-hydroxylation sites is 1. The SMILES string of the molecule is CCOc1nc(N)nc(-c2ccccc2OCCOC)n1. The fourth-order valence-corrected chi connectivity index (χ4v) is 1.70. The molecule has 0 saturated carbocycles. The normalized spacial score (nSPS) is 10.4. The van der Waals surface area contributed by atoms with Crippen LogP contribution in [0.25, 0.3) is 11.4 Å². The van der Waals surface area contributed by atoms with Gasteiger partial charge >= 0.3 is 6.01 Å². The van der Waals surface area contributed by atoms with E-state index in [0.717, 1.165) is 5.56 Å². The number of nitrogens with zero attached hydrogens (tertiary/aromatic N) is 3. The Morgan fingerprint density at radius 1 is 1.05 bits per heavy atom. The molecule has 0 aliphatic rings. The van der Waals surface area contributed by atoms with Crippen LogP contribution in [-0.4, -0.2) is 41.9 Å². The molecule has 2 aromatic rings. The number of aromatic nitrogens is 3. The lowest BCUT2D eigenvalue weighted by Gasteiger charge is -2.11. The third-order valence-electron chi connectivity index (χ3n) is 2.58. The van der Waals surface area contributed by atoms with E-state index in [1.165, 1.54) is 0 Å². The molecule has 0 aliphatic heterocycles. The molecule has 2 N–H and O–H groups in total. The van der Waals surface area contributed by atoms with Gasteiger partial charge in [-0.2, -0.15) is 15.0 Å². The van der Waals surface area contributed by atoms with Gasteiger partial charge in [0.15, 0.2) is 5.82 Å². The van der Waals surface area contributed by atoms with Gasteiger partial charge in [-0.25, -0.2) is 0 Å². The van der Waals surface area contributed by atoms with Gasteiger partial charge in [0.25, 0.3) is 0 Å². The van der Waals surface area contributed by atoms with Gasteiger partial charge in [-0.05, 0) is 19.1 Å². The van der Waals surface area contributed by atoms with E-state index >= 15 is 0 Å². The van der Waals surface area contributed by atoms with E-state index in [1.54, 1.807) is 7.11 Å². The van der Waals surface area contributed by atoms with E-state index in [2.05, 4.69) is 15.0 Å². The van der Waals surface area contributed by atoms with Crippen molar-refractivity contribution in [3.63, 3.8) is 0 Å². The third-order valence-corrected chi connectivity index (χ3v) is 2.58. The molecular formula is C14H18N4O3. The maximum Gasteiger partial charge on any atom is 0.321 e. The summed E-state index contributed by atoms with van der Waals surface area (Å²) in [4.78, 5) is 12.3. The molecule has 0 spiro atoms. The summed E-state index contributed by atoms with van der Waals surface area (Å²) in [7, 11) is 1.62. The topological polar surface area (TPSA) is 92.4 Å². The summed E-state index contributed by atoms with van der Waals surface area (Å²) in [5.74, 6) is 1.18. The Hall–Kier alpha value is -2.41. The van der Waals surface area contributed by atoms with E-state index in [-0.39, 0.29) is 12.0 Å². The minimum absolute atomic E-state index is 0.107. The molecule has 1 aromatic carbocycles. The molecule has 0 fully saturated rings. The zero-order valence-electron chi connectivity index (χ0n) is 12.1. The first-order valence-corrected chi connectivity index (χ1v) is 6.60. The van der Waals surface area contributed by atoms with Gasteiger partial charge in [0, 0.05) is 7.11 Å². The fourth-order valence-electron chi connectivity index (χ4n) is 1.70. The quantitative estimate of drug-likeness (QED) is 0.773. The van der Waals surface area contributed by atoms with E-state index in [0.29, 0.717) is 31.4 Å².